The van der Waals surface area contributed by atoms with Crippen LogP contribution in [0.3, 0.4) is 0 Å². The highest BCUT2D eigenvalue weighted by molar-refractivity contribution is 6.42. The molecule has 0 bridgehead atoms. The van der Waals surface area contributed by atoms with E-state index in [-0.39, 0.29) is 18.0 Å². The topological polar surface area (TPSA) is 65.1 Å². The Labute approximate surface area is 206 Å². The number of nitrogens with zero attached hydrogens (tertiary/aromatic N) is 3. The van der Waals surface area contributed by atoms with E-state index < -0.39 is 0 Å². The van der Waals surface area contributed by atoms with Gasteiger partial charge in [0.1, 0.15) is 0 Å². The van der Waals surface area contributed by atoms with Crippen LogP contribution < -0.4 is 5.32 Å². The molecule has 3 aliphatic rings. The number of urea groups is 1. The molecule has 2 aliphatic heterocycles. The van der Waals surface area contributed by atoms with E-state index in [2.05, 4.69) is 10.2 Å². The third-order valence-electron chi connectivity index (χ3n) is 7.44. The van der Waals surface area contributed by atoms with Crippen molar-refractivity contribution in [2.45, 2.75) is 44.6 Å². The Morgan fingerprint density at radius 3 is 2.52 bits per heavy atom. The summed E-state index contributed by atoms with van der Waals surface area (Å²) in [5, 5.41) is 3.67. The van der Waals surface area contributed by atoms with Gasteiger partial charge in [-0.1, -0.05) is 23.2 Å². The van der Waals surface area contributed by atoms with E-state index in [4.69, 9.17) is 27.9 Å². The van der Waals surface area contributed by atoms with Crippen molar-refractivity contribution in [3.63, 3.8) is 0 Å². The van der Waals surface area contributed by atoms with Crippen LogP contribution in [0.2, 0.25) is 10.0 Å². The maximum absolute atomic E-state index is 12.9. The molecule has 3 amide bonds. The van der Waals surface area contributed by atoms with Crippen molar-refractivity contribution in [1.29, 1.82) is 0 Å². The number of nitrogens with one attached hydrogen (secondary N) is 1. The molecule has 1 atom stereocenters. The number of anilines is 1. The summed E-state index contributed by atoms with van der Waals surface area (Å²) in [6.07, 6.45) is 6.64. The van der Waals surface area contributed by atoms with Crippen LogP contribution in [0.1, 0.15) is 38.5 Å². The number of ether oxygens (including phenoxy) is 1. The zero-order chi connectivity index (χ0) is 23.4. The van der Waals surface area contributed by atoms with Crippen LogP contribution in [0, 0.1) is 5.41 Å². The van der Waals surface area contributed by atoms with Crippen molar-refractivity contribution in [2.24, 2.45) is 5.41 Å². The van der Waals surface area contributed by atoms with Gasteiger partial charge in [0, 0.05) is 45.4 Å². The SMILES string of the molecule is COCC(CCN1CCC2(CC1)CC2)N1CCN(C(=O)Nc2ccc(Cl)c(Cl)c2)CCC1=O. The molecule has 0 radical (unpaired) electrons. The monoisotopic (exact) mass is 496 g/mol. The predicted molar refractivity (Wildman–Crippen MR) is 131 cm³/mol. The number of amides is 3. The lowest BCUT2D eigenvalue weighted by Gasteiger charge is -2.35. The molecular formula is C24H34Cl2N4O3. The molecular weight excluding hydrogens is 463 g/mol. The second-order valence-electron chi connectivity index (χ2n) is 9.62. The van der Waals surface area contributed by atoms with Gasteiger partial charge < -0.3 is 24.8 Å². The predicted octanol–water partition coefficient (Wildman–Crippen LogP) is 4.34. The number of likely N-dealkylation sites (tertiary alicyclic amines) is 1. The quantitative estimate of drug-likeness (QED) is 0.609. The van der Waals surface area contributed by atoms with Gasteiger partial charge in [-0.25, -0.2) is 4.79 Å². The summed E-state index contributed by atoms with van der Waals surface area (Å²) < 4.78 is 5.47. The maximum atomic E-state index is 12.9. The first kappa shape index (κ1) is 24.6. The molecule has 1 saturated carbocycles. The smallest absolute Gasteiger partial charge is 0.321 e. The molecule has 2 heterocycles. The van der Waals surface area contributed by atoms with E-state index in [1.807, 2.05) is 4.90 Å². The van der Waals surface area contributed by atoms with Crippen LogP contribution in [0.25, 0.3) is 0 Å². The van der Waals surface area contributed by atoms with Gasteiger partial charge in [0.05, 0.1) is 22.7 Å². The van der Waals surface area contributed by atoms with Crippen molar-refractivity contribution >= 4 is 40.8 Å². The van der Waals surface area contributed by atoms with Gasteiger partial charge in [0.15, 0.2) is 0 Å². The molecule has 3 fully saturated rings. The zero-order valence-electron chi connectivity index (χ0n) is 19.3. The van der Waals surface area contributed by atoms with Crippen LogP contribution in [-0.2, 0) is 9.53 Å². The second-order valence-corrected chi connectivity index (χ2v) is 10.4. The van der Waals surface area contributed by atoms with Crippen LogP contribution in [0.5, 0.6) is 0 Å². The number of hydrogen-bond donors (Lipinski definition) is 1. The molecule has 1 spiro atoms. The third-order valence-corrected chi connectivity index (χ3v) is 8.18. The molecule has 33 heavy (non-hydrogen) atoms. The fourth-order valence-electron chi connectivity index (χ4n) is 4.99. The first-order valence-electron chi connectivity index (χ1n) is 11.9. The minimum atomic E-state index is -0.242. The van der Waals surface area contributed by atoms with Gasteiger partial charge in [-0.15, -0.1) is 0 Å². The van der Waals surface area contributed by atoms with Gasteiger partial charge >= 0.3 is 6.03 Å². The Morgan fingerprint density at radius 1 is 1.09 bits per heavy atom. The van der Waals surface area contributed by atoms with E-state index >= 15 is 0 Å². The minimum absolute atomic E-state index is 0.0254. The molecule has 1 aromatic rings. The average Bonchev–Trinajstić information content (AvgIpc) is 3.58. The van der Waals surface area contributed by atoms with Gasteiger partial charge in [0.25, 0.3) is 0 Å². The number of rotatable bonds is 7. The number of benzene rings is 1. The lowest BCUT2D eigenvalue weighted by atomic mass is 9.93. The standard InChI is InChI=1S/C24H34Cl2N4O3/c1-33-17-19(4-10-28-12-8-24(6-7-24)9-13-28)30-15-14-29(11-5-22(30)31)23(32)27-18-2-3-20(25)21(26)16-18/h2-3,16,19H,4-15,17H2,1H3,(H,27,32). The van der Waals surface area contributed by atoms with Crippen LogP contribution >= 0.6 is 23.2 Å². The fourth-order valence-corrected chi connectivity index (χ4v) is 5.28. The third kappa shape index (κ3) is 6.32. The van der Waals surface area contributed by atoms with Crippen LogP contribution in [0.4, 0.5) is 10.5 Å². The minimum Gasteiger partial charge on any atom is -0.383 e. The van der Waals surface area contributed by atoms with E-state index in [9.17, 15) is 9.59 Å². The average molecular weight is 497 g/mol. The van der Waals surface area contributed by atoms with Crippen molar-refractivity contribution in [3.05, 3.63) is 28.2 Å². The van der Waals surface area contributed by atoms with Gasteiger partial charge in [0.2, 0.25) is 5.91 Å². The van der Waals surface area contributed by atoms with E-state index in [0.29, 0.717) is 53.8 Å². The first-order chi connectivity index (χ1) is 15.9. The summed E-state index contributed by atoms with van der Waals surface area (Å²) in [4.78, 5) is 31.9. The summed E-state index contributed by atoms with van der Waals surface area (Å²) >= 11 is 12.0. The fraction of sp³-hybridized carbons (Fsp3) is 0.667. The summed E-state index contributed by atoms with van der Waals surface area (Å²) in [7, 11) is 1.68. The Kier molecular flexibility index (Phi) is 8.05. The highest BCUT2D eigenvalue weighted by Crippen LogP contribution is 2.53. The molecule has 1 aromatic carbocycles. The van der Waals surface area contributed by atoms with Gasteiger partial charge in [-0.3, -0.25) is 4.79 Å². The molecule has 0 aromatic heterocycles. The second kappa shape index (κ2) is 10.8. The van der Waals surface area contributed by atoms with E-state index in [0.717, 1.165) is 26.1 Å². The van der Waals surface area contributed by atoms with Crippen molar-refractivity contribution in [1.82, 2.24) is 14.7 Å². The van der Waals surface area contributed by atoms with E-state index in [1.165, 1.54) is 25.7 Å². The Hall–Kier alpha value is -1.54. The van der Waals surface area contributed by atoms with Crippen molar-refractivity contribution in [3.8, 4) is 0 Å². The number of carbonyl (C=O) groups excluding carboxylic acids is 2. The normalized spacial score (nSPS) is 21.7. The molecule has 7 nitrogen and oxygen atoms in total. The number of methoxy groups -OCH3 is 1. The highest BCUT2D eigenvalue weighted by Gasteiger charge is 2.44. The Morgan fingerprint density at radius 2 is 1.85 bits per heavy atom. The lowest BCUT2D eigenvalue weighted by Crippen LogP contribution is -2.46. The lowest BCUT2D eigenvalue weighted by molar-refractivity contribution is -0.134. The Balaban J connectivity index is 1.30. The summed E-state index contributed by atoms with van der Waals surface area (Å²) in [5.41, 5.74) is 1.25. The van der Waals surface area contributed by atoms with Crippen LogP contribution in [0.15, 0.2) is 18.2 Å². The zero-order valence-corrected chi connectivity index (χ0v) is 20.8. The summed E-state index contributed by atoms with van der Waals surface area (Å²) in [6, 6.07) is 4.76. The van der Waals surface area contributed by atoms with Crippen molar-refractivity contribution < 1.29 is 14.3 Å². The summed E-state index contributed by atoms with van der Waals surface area (Å²) in [6.45, 7) is 5.19. The summed E-state index contributed by atoms with van der Waals surface area (Å²) in [5.74, 6) is 0.0810. The van der Waals surface area contributed by atoms with Gasteiger partial charge in [-0.2, -0.15) is 0 Å². The molecule has 1 aliphatic carbocycles. The molecule has 182 valence electrons. The maximum Gasteiger partial charge on any atom is 0.321 e. The number of piperidine rings is 1. The molecule has 1 N–H and O–H groups in total. The first-order valence-corrected chi connectivity index (χ1v) is 12.7. The molecule has 4 rings (SSSR count). The number of hydrogen-bond acceptors (Lipinski definition) is 4. The van der Waals surface area contributed by atoms with Crippen molar-refractivity contribution in [2.75, 3.05) is 58.3 Å². The highest BCUT2D eigenvalue weighted by atomic mass is 35.5. The number of halogens is 2. The van der Waals surface area contributed by atoms with E-state index in [1.54, 1.807) is 30.2 Å². The molecule has 2 saturated heterocycles. The molecule has 9 heteroatoms. The van der Waals surface area contributed by atoms with Gasteiger partial charge in [-0.05, 0) is 68.8 Å². The number of carbonyl (C=O) groups is 2. The van der Waals surface area contributed by atoms with Crippen LogP contribution in [-0.4, -0.2) is 85.7 Å². The Bertz CT molecular complexity index is 854. The largest absolute Gasteiger partial charge is 0.383 e. The molecule has 1 unspecified atom stereocenters.